The molecule has 0 unspecified atom stereocenters. The Hall–Kier alpha value is -2.34. The predicted molar refractivity (Wildman–Crippen MR) is 116 cm³/mol. The van der Waals surface area contributed by atoms with E-state index in [4.69, 9.17) is 9.47 Å². The fraction of sp³-hybridized carbons (Fsp3) is 0.364. The lowest BCUT2D eigenvalue weighted by atomic mass is 10.2. The molecule has 0 heterocycles. The number of hydrogen-bond acceptors (Lipinski definition) is 4. The van der Waals surface area contributed by atoms with Gasteiger partial charge in [0.2, 0.25) is 5.91 Å². The standard InChI is InChI=1S/C22H27BrN2O3/c1-3-4-13-27-19-10-8-18(9-11-19)16-24-25-22(26)6-5-14-28-21-12-7-17(2)15-20(21)23/h7-12,15-16H,3-6,13-14H2,1-2H3,(H,25,26)/b24-16+. The first-order chi connectivity index (χ1) is 13.6. The van der Waals surface area contributed by atoms with E-state index in [1.165, 1.54) is 0 Å². The summed E-state index contributed by atoms with van der Waals surface area (Å²) in [5.41, 5.74) is 4.60. The van der Waals surface area contributed by atoms with Crippen molar-refractivity contribution in [2.75, 3.05) is 13.2 Å². The van der Waals surface area contributed by atoms with Crippen molar-refractivity contribution in [1.29, 1.82) is 0 Å². The van der Waals surface area contributed by atoms with Crippen molar-refractivity contribution in [3.05, 3.63) is 58.1 Å². The number of ether oxygens (including phenoxy) is 2. The number of aryl methyl sites for hydroxylation is 1. The van der Waals surface area contributed by atoms with Gasteiger partial charge in [0.15, 0.2) is 0 Å². The van der Waals surface area contributed by atoms with Crippen molar-refractivity contribution in [2.45, 2.75) is 39.5 Å². The summed E-state index contributed by atoms with van der Waals surface area (Å²) in [7, 11) is 0. The van der Waals surface area contributed by atoms with E-state index < -0.39 is 0 Å². The lowest BCUT2D eigenvalue weighted by Crippen LogP contribution is -2.18. The topological polar surface area (TPSA) is 59.9 Å². The average molecular weight is 447 g/mol. The van der Waals surface area contributed by atoms with Crippen LogP contribution >= 0.6 is 15.9 Å². The Morgan fingerprint density at radius 2 is 1.86 bits per heavy atom. The Morgan fingerprint density at radius 1 is 1.11 bits per heavy atom. The maximum absolute atomic E-state index is 11.8. The summed E-state index contributed by atoms with van der Waals surface area (Å²) >= 11 is 3.47. The highest BCUT2D eigenvalue weighted by molar-refractivity contribution is 9.10. The number of carbonyl (C=O) groups is 1. The number of benzene rings is 2. The van der Waals surface area contributed by atoms with Gasteiger partial charge in [-0.2, -0.15) is 5.10 Å². The van der Waals surface area contributed by atoms with Crippen LogP contribution in [0.25, 0.3) is 0 Å². The molecule has 150 valence electrons. The molecule has 1 amide bonds. The molecule has 1 N–H and O–H groups in total. The zero-order valence-electron chi connectivity index (χ0n) is 16.4. The number of unbranched alkanes of at least 4 members (excludes halogenated alkanes) is 1. The molecule has 0 aliphatic heterocycles. The minimum Gasteiger partial charge on any atom is -0.494 e. The molecule has 0 fully saturated rings. The van der Waals surface area contributed by atoms with Gasteiger partial charge in [0.1, 0.15) is 11.5 Å². The van der Waals surface area contributed by atoms with E-state index in [9.17, 15) is 4.79 Å². The fourth-order valence-corrected chi connectivity index (χ4v) is 2.96. The molecule has 0 radical (unpaired) electrons. The first-order valence-corrected chi connectivity index (χ1v) is 10.3. The Morgan fingerprint density at radius 3 is 2.57 bits per heavy atom. The number of nitrogens with zero attached hydrogens (tertiary/aromatic N) is 1. The number of halogens is 1. The molecule has 2 rings (SSSR count). The third kappa shape index (κ3) is 8.13. The van der Waals surface area contributed by atoms with Gasteiger partial charge in [0.05, 0.1) is 23.9 Å². The van der Waals surface area contributed by atoms with E-state index in [-0.39, 0.29) is 5.91 Å². The van der Waals surface area contributed by atoms with Gasteiger partial charge in [-0.15, -0.1) is 0 Å². The number of carbonyl (C=O) groups excluding carboxylic acids is 1. The number of amides is 1. The molecule has 0 aliphatic carbocycles. The lowest BCUT2D eigenvalue weighted by molar-refractivity contribution is -0.121. The predicted octanol–water partition coefficient (Wildman–Crippen LogP) is 5.25. The van der Waals surface area contributed by atoms with Crippen LogP contribution in [0.1, 0.15) is 43.7 Å². The summed E-state index contributed by atoms with van der Waals surface area (Å²) in [6, 6.07) is 13.5. The summed E-state index contributed by atoms with van der Waals surface area (Å²) in [5.74, 6) is 1.49. The second-order valence-corrected chi connectivity index (χ2v) is 7.30. The number of rotatable bonds is 11. The van der Waals surface area contributed by atoms with Gasteiger partial charge < -0.3 is 9.47 Å². The zero-order valence-corrected chi connectivity index (χ0v) is 18.0. The normalized spacial score (nSPS) is 10.8. The third-order valence-electron chi connectivity index (χ3n) is 3.94. The molecule has 0 saturated heterocycles. The van der Waals surface area contributed by atoms with Crippen LogP contribution in [0.5, 0.6) is 11.5 Å². The van der Waals surface area contributed by atoms with E-state index in [2.05, 4.69) is 33.4 Å². The molecular weight excluding hydrogens is 420 g/mol. The van der Waals surface area contributed by atoms with Crippen LogP contribution < -0.4 is 14.9 Å². The molecule has 28 heavy (non-hydrogen) atoms. The quantitative estimate of drug-likeness (QED) is 0.291. The van der Waals surface area contributed by atoms with Crippen LogP contribution in [0.15, 0.2) is 52.0 Å². The van der Waals surface area contributed by atoms with Gasteiger partial charge in [0, 0.05) is 6.42 Å². The molecule has 0 atom stereocenters. The van der Waals surface area contributed by atoms with E-state index in [0.717, 1.165) is 46.5 Å². The van der Waals surface area contributed by atoms with Gasteiger partial charge >= 0.3 is 0 Å². The molecular formula is C22H27BrN2O3. The Balaban J connectivity index is 1.64. The van der Waals surface area contributed by atoms with Gasteiger partial charge in [0.25, 0.3) is 0 Å². The van der Waals surface area contributed by atoms with E-state index >= 15 is 0 Å². The maximum Gasteiger partial charge on any atom is 0.240 e. The largest absolute Gasteiger partial charge is 0.494 e. The SMILES string of the molecule is CCCCOc1ccc(/C=N/NC(=O)CCCOc2ccc(C)cc2Br)cc1. The zero-order chi connectivity index (χ0) is 20.2. The van der Waals surface area contributed by atoms with Crippen LogP contribution in [0.3, 0.4) is 0 Å². The van der Waals surface area contributed by atoms with Gasteiger partial charge in [-0.05, 0) is 83.2 Å². The van der Waals surface area contributed by atoms with Gasteiger partial charge in [-0.3, -0.25) is 4.79 Å². The molecule has 0 aromatic heterocycles. The van der Waals surface area contributed by atoms with Crippen molar-refractivity contribution >= 4 is 28.1 Å². The Labute approximate surface area is 175 Å². The summed E-state index contributed by atoms with van der Waals surface area (Å²) in [5, 5.41) is 3.99. The molecule has 0 saturated carbocycles. The van der Waals surface area contributed by atoms with E-state index in [1.807, 2.05) is 49.4 Å². The molecule has 6 heteroatoms. The third-order valence-corrected chi connectivity index (χ3v) is 4.56. The van der Waals surface area contributed by atoms with Gasteiger partial charge in [-0.1, -0.05) is 19.4 Å². The molecule has 5 nitrogen and oxygen atoms in total. The first-order valence-electron chi connectivity index (χ1n) is 9.52. The van der Waals surface area contributed by atoms with Crippen molar-refractivity contribution in [1.82, 2.24) is 5.43 Å². The van der Waals surface area contributed by atoms with Crippen molar-refractivity contribution < 1.29 is 14.3 Å². The summed E-state index contributed by atoms with van der Waals surface area (Å²) in [6.07, 6.45) is 4.74. The second-order valence-electron chi connectivity index (χ2n) is 6.45. The fourth-order valence-electron chi connectivity index (χ4n) is 2.36. The van der Waals surface area contributed by atoms with Crippen molar-refractivity contribution in [3.63, 3.8) is 0 Å². The lowest BCUT2D eigenvalue weighted by Gasteiger charge is -2.08. The Kier molecular flexibility index (Phi) is 9.55. The smallest absolute Gasteiger partial charge is 0.240 e. The number of nitrogens with one attached hydrogen (secondary N) is 1. The van der Waals surface area contributed by atoms with Crippen molar-refractivity contribution in [2.24, 2.45) is 5.10 Å². The highest BCUT2D eigenvalue weighted by Crippen LogP contribution is 2.25. The number of hydrogen-bond donors (Lipinski definition) is 1. The van der Waals surface area contributed by atoms with E-state index in [1.54, 1.807) is 6.21 Å². The molecule has 0 bridgehead atoms. The molecule has 0 aliphatic rings. The minimum atomic E-state index is -0.137. The minimum absolute atomic E-state index is 0.137. The van der Waals surface area contributed by atoms with Crippen LogP contribution in [0.4, 0.5) is 0 Å². The summed E-state index contributed by atoms with van der Waals surface area (Å²) in [6.45, 7) is 5.35. The molecule has 0 spiro atoms. The average Bonchev–Trinajstić information content (AvgIpc) is 2.68. The highest BCUT2D eigenvalue weighted by atomic mass is 79.9. The van der Waals surface area contributed by atoms with Crippen LogP contribution in [-0.2, 0) is 4.79 Å². The van der Waals surface area contributed by atoms with Crippen LogP contribution in [-0.4, -0.2) is 25.3 Å². The molecule has 2 aromatic carbocycles. The summed E-state index contributed by atoms with van der Waals surface area (Å²) in [4.78, 5) is 11.8. The van der Waals surface area contributed by atoms with Crippen LogP contribution in [0.2, 0.25) is 0 Å². The van der Waals surface area contributed by atoms with E-state index in [0.29, 0.717) is 19.4 Å². The Bertz CT molecular complexity index is 776. The van der Waals surface area contributed by atoms with Gasteiger partial charge in [-0.25, -0.2) is 5.43 Å². The maximum atomic E-state index is 11.8. The monoisotopic (exact) mass is 446 g/mol. The molecule has 2 aromatic rings. The second kappa shape index (κ2) is 12.2. The van der Waals surface area contributed by atoms with Crippen LogP contribution in [0, 0.1) is 6.92 Å². The highest BCUT2D eigenvalue weighted by Gasteiger charge is 2.03. The first kappa shape index (κ1) is 22.0. The number of hydrazone groups is 1. The van der Waals surface area contributed by atoms with Crippen molar-refractivity contribution in [3.8, 4) is 11.5 Å². The summed E-state index contributed by atoms with van der Waals surface area (Å²) < 4.78 is 12.2.